The van der Waals surface area contributed by atoms with Crippen LogP contribution in [0.15, 0.2) is 27.6 Å². The van der Waals surface area contributed by atoms with Crippen molar-refractivity contribution in [2.75, 3.05) is 6.54 Å². The summed E-state index contributed by atoms with van der Waals surface area (Å²) in [6.07, 6.45) is 5.41. The number of amides is 1. The Balaban J connectivity index is 1.62. The first kappa shape index (κ1) is 13.3. The second kappa shape index (κ2) is 5.12. The fourth-order valence-electron chi connectivity index (χ4n) is 2.91. The fourth-order valence-corrected chi connectivity index (χ4v) is 2.91. The van der Waals surface area contributed by atoms with Crippen molar-refractivity contribution in [3.63, 3.8) is 0 Å². The highest BCUT2D eigenvalue weighted by Gasteiger charge is 2.28. The lowest BCUT2D eigenvalue weighted by Crippen LogP contribution is -2.32. The van der Waals surface area contributed by atoms with Crippen molar-refractivity contribution in [1.82, 2.24) is 14.9 Å². The Bertz CT molecular complexity index is 773. The van der Waals surface area contributed by atoms with Crippen molar-refractivity contribution < 1.29 is 9.21 Å². The number of nitrogens with zero attached hydrogens (tertiary/aromatic N) is 2. The van der Waals surface area contributed by atoms with Crippen LogP contribution in [-0.2, 0) is 13.0 Å². The normalized spacial score (nSPS) is 17.9. The van der Waals surface area contributed by atoms with Crippen LogP contribution < -0.4 is 5.56 Å². The molecule has 22 heavy (non-hydrogen) atoms. The summed E-state index contributed by atoms with van der Waals surface area (Å²) in [6, 6.07) is 3.21. The van der Waals surface area contributed by atoms with E-state index in [1.54, 1.807) is 11.2 Å². The Morgan fingerprint density at radius 1 is 1.41 bits per heavy atom. The van der Waals surface area contributed by atoms with Crippen molar-refractivity contribution in [3.8, 4) is 0 Å². The molecule has 1 N–H and O–H groups in total. The maximum atomic E-state index is 12.7. The number of carbonyl (C=O) groups is 1. The maximum Gasteiger partial charge on any atom is 0.273 e. The van der Waals surface area contributed by atoms with Gasteiger partial charge >= 0.3 is 0 Å². The number of nitrogens with one attached hydrogen (secondary N) is 1. The molecule has 2 aliphatic rings. The minimum Gasteiger partial charge on any atom is -0.469 e. The molecule has 1 aliphatic carbocycles. The summed E-state index contributed by atoms with van der Waals surface area (Å²) in [5.41, 5.74) is 1.04. The SMILES string of the molecule is O=C(c1cc(=O)[nH]c(C2CC2)n1)N1CCCc2occc2C1. The smallest absolute Gasteiger partial charge is 0.273 e. The van der Waals surface area contributed by atoms with Crippen molar-refractivity contribution >= 4 is 5.91 Å². The third-order valence-electron chi connectivity index (χ3n) is 4.26. The van der Waals surface area contributed by atoms with Crippen molar-refractivity contribution in [3.05, 3.63) is 51.6 Å². The summed E-state index contributed by atoms with van der Waals surface area (Å²) < 4.78 is 5.44. The molecule has 1 aliphatic heterocycles. The number of rotatable bonds is 2. The van der Waals surface area contributed by atoms with Gasteiger partial charge in [0.15, 0.2) is 0 Å². The van der Waals surface area contributed by atoms with Crippen LogP contribution in [0.4, 0.5) is 0 Å². The van der Waals surface area contributed by atoms with E-state index in [4.69, 9.17) is 4.42 Å². The highest BCUT2D eigenvalue weighted by molar-refractivity contribution is 5.92. The number of furan rings is 1. The van der Waals surface area contributed by atoms with Gasteiger partial charge in [0.25, 0.3) is 11.5 Å². The molecule has 114 valence electrons. The van der Waals surface area contributed by atoms with Gasteiger partial charge in [-0.25, -0.2) is 4.98 Å². The third kappa shape index (κ3) is 2.45. The average molecular weight is 299 g/mol. The molecule has 4 rings (SSSR count). The Labute approximate surface area is 127 Å². The minimum atomic E-state index is -0.251. The number of aromatic nitrogens is 2. The van der Waals surface area contributed by atoms with Crippen LogP contribution in [0.1, 0.15) is 52.8 Å². The number of hydrogen-bond acceptors (Lipinski definition) is 4. The molecular weight excluding hydrogens is 282 g/mol. The lowest BCUT2D eigenvalue weighted by molar-refractivity contribution is 0.0739. The van der Waals surface area contributed by atoms with Crippen molar-refractivity contribution in [2.45, 2.75) is 38.1 Å². The van der Waals surface area contributed by atoms with Crippen LogP contribution in [0.3, 0.4) is 0 Å². The van der Waals surface area contributed by atoms with Crippen LogP contribution in [0.25, 0.3) is 0 Å². The Kier molecular flexibility index (Phi) is 3.10. The zero-order valence-electron chi connectivity index (χ0n) is 12.2. The summed E-state index contributed by atoms with van der Waals surface area (Å²) in [4.78, 5) is 33.3. The predicted molar refractivity (Wildman–Crippen MR) is 78.6 cm³/mol. The summed E-state index contributed by atoms with van der Waals surface area (Å²) in [6.45, 7) is 1.16. The Morgan fingerprint density at radius 3 is 3.09 bits per heavy atom. The van der Waals surface area contributed by atoms with E-state index in [1.165, 1.54) is 6.07 Å². The molecular formula is C16H17N3O3. The first-order valence-corrected chi connectivity index (χ1v) is 7.66. The van der Waals surface area contributed by atoms with E-state index in [2.05, 4.69) is 9.97 Å². The van der Waals surface area contributed by atoms with Gasteiger partial charge in [-0.05, 0) is 25.3 Å². The lowest BCUT2D eigenvalue weighted by atomic mass is 10.2. The fraction of sp³-hybridized carbons (Fsp3) is 0.438. The van der Waals surface area contributed by atoms with E-state index in [-0.39, 0.29) is 17.2 Å². The number of carbonyl (C=O) groups excluding carboxylic acids is 1. The van der Waals surface area contributed by atoms with E-state index in [9.17, 15) is 9.59 Å². The number of aryl methyl sites for hydroxylation is 1. The molecule has 2 aromatic rings. The Hall–Kier alpha value is -2.37. The van der Waals surface area contributed by atoms with Gasteiger partial charge < -0.3 is 14.3 Å². The molecule has 6 nitrogen and oxygen atoms in total. The number of H-pyrrole nitrogens is 1. The van der Waals surface area contributed by atoms with Gasteiger partial charge in [-0.3, -0.25) is 9.59 Å². The van der Waals surface area contributed by atoms with Gasteiger partial charge in [0.2, 0.25) is 0 Å². The molecule has 1 fully saturated rings. The molecule has 0 bridgehead atoms. The second-order valence-corrected chi connectivity index (χ2v) is 5.99. The first-order valence-electron chi connectivity index (χ1n) is 7.66. The molecule has 6 heteroatoms. The van der Waals surface area contributed by atoms with E-state index in [0.717, 1.165) is 37.0 Å². The second-order valence-electron chi connectivity index (χ2n) is 5.99. The van der Waals surface area contributed by atoms with E-state index < -0.39 is 0 Å². The van der Waals surface area contributed by atoms with Crippen LogP contribution in [-0.4, -0.2) is 27.3 Å². The quantitative estimate of drug-likeness (QED) is 0.917. The van der Waals surface area contributed by atoms with Crippen LogP contribution in [0.5, 0.6) is 0 Å². The molecule has 0 unspecified atom stereocenters. The van der Waals surface area contributed by atoms with Gasteiger partial charge in [-0.15, -0.1) is 0 Å². The molecule has 0 aromatic carbocycles. The standard InChI is InChI=1S/C16H17N3O3/c20-14-8-12(17-15(18-14)10-3-4-10)16(21)19-6-1-2-13-11(9-19)5-7-22-13/h5,7-8,10H,1-4,6,9H2,(H,17,18,20). The van der Waals surface area contributed by atoms with E-state index >= 15 is 0 Å². The zero-order valence-corrected chi connectivity index (χ0v) is 12.2. The first-order chi connectivity index (χ1) is 10.7. The van der Waals surface area contributed by atoms with Gasteiger partial charge in [0.05, 0.1) is 6.26 Å². The summed E-state index contributed by atoms with van der Waals surface area (Å²) in [7, 11) is 0. The number of aromatic amines is 1. The maximum absolute atomic E-state index is 12.7. The predicted octanol–water partition coefficient (Wildman–Crippen LogP) is 1.83. The van der Waals surface area contributed by atoms with Crippen LogP contribution >= 0.6 is 0 Å². The molecule has 1 saturated carbocycles. The molecule has 1 amide bonds. The molecule has 0 saturated heterocycles. The molecule has 3 heterocycles. The van der Waals surface area contributed by atoms with Crippen LogP contribution in [0.2, 0.25) is 0 Å². The highest BCUT2D eigenvalue weighted by Crippen LogP contribution is 2.37. The van der Waals surface area contributed by atoms with Gasteiger partial charge in [-0.1, -0.05) is 0 Å². The highest BCUT2D eigenvalue weighted by atomic mass is 16.3. The molecule has 2 aromatic heterocycles. The number of fused-ring (bicyclic) bond motifs is 1. The Morgan fingerprint density at radius 2 is 2.27 bits per heavy atom. The largest absolute Gasteiger partial charge is 0.469 e. The van der Waals surface area contributed by atoms with Gasteiger partial charge in [0.1, 0.15) is 17.3 Å². The van der Waals surface area contributed by atoms with Crippen molar-refractivity contribution in [2.24, 2.45) is 0 Å². The third-order valence-corrected chi connectivity index (χ3v) is 4.26. The molecule has 0 atom stereocenters. The lowest BCUT2D eigenvalue weighted by Gasteiger charge is -2.19. The minimum absolute atomic E-state index is 0.179. The van der Waals surface area contributed by atoms with Crippen molar-refractivity contribution in [1.29, 1.82) is 0 Å². The van der Waals surface area contributed by atoms with Crippen LogP contribution in [0, 0.1) is 0 Å². The number of hydrogen-bond donors (Lipinski definition) is 1. The molecule has 0 spiro atoms. The van der Waals surface area contributed by atoms with Gasteiger partial charge in [0, 0.05) is 37.1 Å². The monoisotopic (exact) mass is 299 g/mol. The summed E-state index contributed by atoms with van der Waals surface area (Å²) >= 11 is 0. The zero-order chi connectivity index (χ0) is 15.1. The summed E-state index contributed by atoms with van der Waals surface area (Å²) in [5, 5.41) is 0. The van der Waals surface area contributed by atoms with Gasteiger partial charge in [-0.2, -0.15) is 0 Å². The van der Waals surface area contributed by atoms with E-state index in [0.29, 0.717) is 24.8 Å². The average Bonchev–Trinajstić information content (AvgIpc) is 3.30. The van der Waals surface area contributed by atoms with E-state index in [1.807, 2.05) is 6.07 Å². The topological polar surface area (TPSA) is 79.2 Å². The summed E-state index contributed by atoms with van der Waals surface area (Å²) in [5.74, 6) is 1.73. The molecule has 0 radical (unpaired) electrons.